The highest BCUT2D eigenvalue weighted by atomic mass is 16.6. The van der Waals surface area contributed by atoms with E-state index in [2.05, 4.69) is 33.0 Å². The molecule has 18 heteroatoms. The molecular formula is C67H116N4O14. The molecule has 0 fully saturated rings. The second-order valence-corrected chi connectivity index (χ2v) is 26.9. The van der Waals surface area contributed by atoms with Crippen LogP contribution in [-0.2, 0) is 46.2 Å². The van der Waals surface area contributed by atoms with Crippen molar-refractivity contribution in [2.45, 2.75) is 211 Å². The average molecular weight is 1200 g/mol. The van der Waals surface area contributed by atoms with Crippen LogP contribution in [0.2, 0.25) is 0 Å². The van der Waals surface area contributed by atoms with Crippen LogP contribution in [-0.4, -0.2) is 124 Å². The first-order chi connectivity index (χ1) is 39.5. The number of aliphatic hydroxyl groups excluding tert-OH is 2. The Morgan fingerprint density at radius 3 is 1.26 bits per heavy atom. The zero-order valence-corrected chi connectivity index (χ0v) is 55.7. The highest BCUT2D eigenvalue weighted by molar-refractivity contribution is 5.85. The van der Waals surface area contributed by atoms with Crippen molar-refractivity contribution in [3.05, 3.63) is 47.5 Å². The fourth-order valence-corrected chi connectivity index (χ4v) is 9.98. The van der Waals surface area contributed by atoms with Gasteiger partial charge in [0, 0.05) is 81.8 Å². The number of benzene rings is 2. The van der Waals surface area contributed by atoms with Crippen molar-refractivity contribution >= 4 is 29.5 Å². The topological polar surface area (TPSA) is 281 Å². The number of methoxy groups -OCH3 is 4. The Morgan fingerprint density at radius 1 is 0.529 bits per heavy atom. The maximum atomic E-state index is 13.4. The molecule has 3 amide bonds. The molecule has 0 radical (unpaired) electrons. The average Bonchev–Trinajstić information content (AvgIpc) is 3.61. The van der Waals surface area contributed by atoms with E-state index in [-0.39, 0.29) is 66.3 Å². The van der Waals surface area contributed by atoms with E-state index in [9.17, 15) is 34.2 Å². The van der Waals surface area contributed by atoms with Crippen LogP contribution in [0.4, 0.5) is 4.79 Å². The molecule has 488 valence electrons. The number of rotatable bonds is 41. The number of amides is 3. The van der Waals surface area contributed by atoms with Gasteiger partial charge in [0.25, 0.3) is 0 Å². The Bertz CT molecular complexity index is 2300. The fraction of sp³-hybridized carbons (Fsp3) is 0.746. The Morgan fingerprint density at radius 2 is 0.918 bits per heavy atom. The Balaban J connectivity index is 0.000000862. The maximum absolute atomic E-state index is 13.4. The molecule has 0 spiro atoms. The molecule has 0 aliphatic heterocycles. The summed E-state index contributed by atoms with van der Waals surface area (Å²) in [4.78, 5) is 62.9. The number of nitrogens with one attached hydrogen (secondary N) is 1. The van der Waals surface area contributed by atoms with Crippen LogP contribution in [0.25, 0.3) is 0 Å². The normalized spacial score (nSPS) is 15.0. The van der Waals surface area contributed by atoms with E-state index in [0.717, 1.165) is 30.4 Å². The molecule has 0 unspecified atom stereocenters. The molecule has 0 bridgehead atoms. The number of hydrogen-bond acceptors (Lipinski definition) is 15. The lowest BCUT2D eigenvalue weighted by molar-refractivity contribution is -0.130. The molecule has 2 aromatic carbocycles. The molecule has 0 heterocycles. The summed E-state index contributed by atoms with van der Waals surface area (Å²) in [7, 11) is 6.56. The predicted octanol–water partition coefficient (Wildman–Crippen LogP) is 10.6. The number of hydrogen-bond donors (Lipinski definition) is 6. The van der Waals surface area contributed by atoms with Gasteiger partial charge in [-0.15, -0.1) is 0 Å². The molecule has 0 saturated heterocycles. The first-order valence-corrected chi connectivity index (χ1v) is 30.9. The largest absolute Gasteiger partial charge is 0.493 e. The van der Waals surface area contributed by atoms with E-state index in [4.69, 9.17) is 50.4 Å². The van der Waals surface area contributed by atoms with Crippen LogP contribution in [0.5, 0.6) is 23.0 Å². The monoisotopic (exact) mass is 1200 g/mol. The number of aliphatic hydroxyl groups is 2. The molecule has 2 aromatic rings. The minimum absolute atomic E-state index is 0.0314. The minimum atomic E-state index is -1.01. The quantitative estimate of drug-likeness (QED) is 0.0338. The SMILES string of the molecule is COCCCOc1cc(C[C@@H](C[C@H](N)[C@@H](O)C[C@H](C(=O)CCC(C)(C)C(N)=O)C(C)C)C(C)C)ccc1OC.COCCCOc1cc(C[C@@H](C[C@H](NC(=O)OC(C)(C)C)[C@@H](O)C[C@H](C(=O)CCC(C)(C)C(N)=O)C(C)C)C(C)C)ccc1OC. The van der Waals surface area contributed by atoms with E-state index in [1.165, 1.54) is 0 Å². The van der Waals surface area contributed by atoms with Gasteiger partial charge in [0.05, 0.1) is 45.7 Å². The van der Waals surface area contributed by atoms with Gasteiger partial charge in [0.2, 0.25) is 11.8 Å². The van der Waals surface area contributed by atoms with Gasteiger partial charge in [0.15, 0.2) is 23.0 Å². The second kappa shape index (κ2) is 38.3. The van der Waals surface area contributed by atoms with Gasteiger partial charge in [0.1, 0.15) is 17.2 Å². The van der Waals surface area contributed by atoms with Crippen molar-refractivity contribution in [3.8, 4) is 23.0 Å². The third-order valence-electron chi connectivity index (χ3n) is 16.4. The molecular weight excluding hydrogens is 1080 g/mol. The molecule has 0 aliphatic rings. The van der Waals surface area contributed by atoms with E-state index < -0.39 is 64.5 Å². The van der Waals surface area contributed by atoms with Crippen molar-refractivity contribution < 1.29 is 67.3 Å². The highest BCUT2D eigenvalue weighted by Gasteiger charge is 2.36. The zero-order chi connectivity index (χ0) is 65.0. The predicted molar refractivity (Wildman–Crippen MR) is 337 cm³/mol. The van der Waals surface area contributed by atoms with Crippen molar-refractivity contribution in [3.63, 3.8) is 0 Å². The number of nitrogens with two attached hydrogens (primary N) is 3. The molecule has 8 atom stereocenters. The van der Waals surface area contributed by atoms with Crippen LogP contribution in [0, 0.1) is 58.2 Å². The van der Waals surface area contributed by atoms with Gasteiger partial charge in [-0.3, -0.25) is 19.2 Å². The van der Waals surface area contributed by atoms with Crippen LogP contribution >= 0.6 is 0 Å². The van der Waals surface area contributed by atoms with Crippen LogP contribution < -0.4 is 41.5 Å². The van der Waals surface area contributed by atoms with Gasteiger partial charge in [-0.05, 0) is 143 Å². The summed E-state index contributed by atoms with van der Waals surface area (Å²) in [5.74, 6) is 1.89. The second-order valence-electron chi connectivity index (χ2n) is 26.9. The maximum Gasteiger partial charge on any atom is 0.407 e. The number of ether oxygens (including phenoxy) is 7. The highest BCUT2D eigenvalue weighted by Crippen LogP contribution is 2.35. The Hall–Kier alpha value is -5.01. The Labute approximate surface area is 511 Å². The van der Waals surface area contributed by atoms with Crippen LogP contribution in [0.15, 0.2) is 36.4 Å². The first-order valence-electron chi connectivity index (χ1n) is 30.9. The number of Topliss-reactive ketones (excluding diaryl/α,β-unsaturated/α-hetero) is 2. The summed E-state index contributed by atoms with van der Waals surface area (Å²) in [6.07, 6.45) is 3.27. The number of carbonyl (C=O) groups excluding carboxylic acids is 5. The molecule has 0 saturated carbocycles. The van der Waals surface area contributed by atoms with Gasteiger partial charge < -0.3 is 65.9 Å². The van der Waals surface area contributed by atoms with E-state index in [1.54, 1.807) is 76.9 Å². The van der Waals surface area contributed by atoms with Crippen molar-refractivity contribution in [2.75, 3.05) is 54.9 Å². The fourth-order valence-electron chi connectivity index (χ4n) is 9.98. The smallest absolute Gasteiger partial charge is 0.407 e. The number of primary amides is 2. The van der Waals surface area contributed by atoms with E-state index in [1.807, 2.05) is 64.1 Å². The summed E-state index contributed by atoms with van der Waals surface area (Å²) in [6.45, 7) is 31.0. The Kier molecular flexibility index (Phi) is 35.2. The summed E-state index contributed by atoms with van der Waals surface area (Å²) in [6, 6.07) is 10.7. The molecule has 9 N–H and O–H groups in total. The third-order valence-corrected chi connectivity index (χ3v) is 16.4. The summed E-state index contributed by atoms with van der Waals surface area (Å²) in [5, 5.41) is 25.6. The van der Waals surface area contributed by atoms with E-state index in [0.29, 0.717) is 93.9 Å². The van der Waals surface area contributed by atoms with Gasteiger partial charge >= 0.3 is 6.09 Å². The lowest BCUT2D eigenvalue weighted by Gasteiger charge is -2.33. The third kappa shape index (κ3) is 29.5. The van der Waals surface area contributed by atoms with Crippen LogP contribution in [0.3, 0.4) is 0 Å². The van der Waals surface area contributed by atoms with E-state index >= 15 is 0 Å². The standard InChI is InChI=1S/C36H62N2O8.C31H54N2O6/c1-23(2)26(19-25-13-14-31(44-11)32(20-25)45-18-12-17-43-10)21-28(38-34(42)46-35(5,6)7)30(40)22-27(24(3)4)29(39)15-16-36(8,9)33(37)41;1-20(2)23(16-22-10-11-28(38-8)29(17-22)39-15-9-14-37-7)18-25(32)27(35)19-24(21(3)4)26(34)12-13-31(5,6)30(33)36/h13-14,20,23-24,26-28,30,40H,12,15-19,21-22H2,1-11H3,(H2,37,41)(H,38,42);10-11,17,20-21,23-25,27,35H,9,12-16,18-19,32H2,1-8H3,(H2,33,36)/t26-,27-,28-,30-;23-,24-,25-,27-/m00/s1. The summed E-state index contributed by atoms with van der Waals surface area (Å²) >= 11 is 0. The van der Waals surface area contributed by atoms with Gasteiger partial charge in [-0.2, -0.15) is 0 Å². The molecule has 2 rings (SSSR count). The number of carbonyl (C=O) groups is 5. The van der Waals surface area contributed by atoms with Crippen molar-refractivity contribution in [2.24, 2.45) is 75.4 Å². The number of alkyl carbamates (subject to hydrolysis) is 1. The minimum Gasteiger partial charge on any atom is -0.493 e. The summed E-state index contributed by atoms with van der Waals surface area (Å²) < 4.78 is 38.7. The summed E-state index contributed by atoms with van der Waals surface area (Å²) in [5.41, 5.74) is 17.4. The molecule has 0 aliphatic carbocycles. The zero-order valence-electron chi connectivity index (χ0n) is 55.7. The lowest BCUT2D eigenvalue weighted by atomic mass is 9.78. The van der Waals surface area contributed by atoms with Gasteiger partial charge in [-0.25, -0.2) is 4.79 Å². The van der Waals surface area contributed by atoms with Crippen LogP contribution in [0.1, 0.15) is 179 Å². The number of ketones is 2. The van der Waals surface area contributed by atoms with Gasteiger partial charge in [-0.1, -0.05) is 95.2 Å². The molecule has 0 aromatic heterocycles. The molecule has 18 nitrogen and oxygen atoms in total. The van der Waals surface area contributed by atoms with Crippen molar-refractivity contribution in [1.82, 2.24) is 5.32 Å². The first kappa shape index (κ1) is 78.0. The van der Waals surface area contributed by atoms with Crippen molar-refractivity contribution in [1.29, 1.82) is 0 Å². The lowest BCUT2D eigenvalue weighted by Crippen LogP contribution is -2.48. The molecule has 85 heavy (non-hydrogen) atoms.